The van der Waals surface area contributed by atoms with E-state index in [1.165, 1.54) is 10.4 Å². The molecule has 0 bridgehead atoms. The van der Waals surface area contributed by atoms with Crippen molar-refractivity contribution in [2.45, 2.75) is 11.2 Å². The van der Waals surface area contributed by atoms with Crippen molar-refractivity contribution in [2.75, 3.05) is 14.2 Å². The first-order valence-electron chi connectivity index (χ1n) is 5.63. The van der Waals surface area contributed by atoms with Crippen LogP contribution in [0.3, 0.4) is 0 Å². The van der Waals surface area contributed by atoms with Crippen molar-refractivity contribution in [1.82, 2.24) is 0 Å². The zero-order valence-electron chi connectivity index (χ0n) is 10.4. The Bertz CT molecular complexity index is 493. The molecule has 0 aliphatic carbocycles. The quantitative estimate of drug-likeness (QED) is 0.756. The van der Waals surface area contributed by atoms with Crippen molar-refractivity contribution in [1.29, 1.82) is 0 Å². The highest BCUT2D eigenvalue weighted by molar-refractivity contribution is 9.09. The summed E-state index contributed by atoms with van der Waals surface area (Å²) >= 11 is 5.44. The summed E-state index contributed by atoms with van der Waals surface area (Å²) in [4.78, 5) is 1.51. The van der Waals surface area contributed by atoms with Crippen molar-refractivity contribution in [3.05, 3.63) is 46.2 Å². The van der Waals surface area contributed by atoms with Gasteiger partial charge in [-0.05, 0) is 35.6 Å². The molecule has 0 spiro atoms. The van der Waals surface area contributed by atoms with Crippen LogP contribution in [0.25, 0.3) is 0 Å². The van der Waals surface area contributed by atoms with E-state index in [2.05, 4.69) is 33.4 Å². The highest BCUT2D eigenvalue weighted by Crippen LogP contribution is 2.38. The number of alkyl halides is 1. The van der Waals surface area contributed by atoms with Crippen molar-refractivity contribution < 1.29 is 9.47 Å². The Kier molecular flexibility index (Phi) is 4.66. The van der Waals surface area contributed by atoms with Gasteiger partial charge in [0.1, 0.15) is 11.5 Å². The van der Waals surface area contributed by atoms with Crippen LogP contribution >= 0.6 is 27.3 Å². The predicted octanol–water partition coefficient (Wildman–Crippen LogP) is 4.44. The number of rotatable bonds is 5. The first-order valence-corrected chi connectivity index (χ1v) is 7.42. The Morgan fingerprint density at radius 2 is 1.83 bits per heavy atom. The van der Waals surface area contributed by atoms with Crippen LogP contribution in [-0.4, -0.2) is 14.2 Å². The van der Waals surface area contributed by atoms with Gasteiger partial charge in [0.2, 0.25) is 0 Å². The maximum Gasteiger partial charge on any atom is 0.133 e. The second-order valence-corrected chi connectivity index (χ2v) is 5.93. The van der Waals surface area contributed by atoms with Gasteiger partial charge in [-0.2, -0.15) is 0 Å². The Labute approximate surface area is 120 Å². The molecule has 1 heterocycles. The lowest BCUT2D eigenvalue weighted by atomic mass is 10.1. The van der Waals surface area contributed by atoms with E-state index in [9.17, 15) is 0 Å². The van der Waals surface area contributed by atoms with E-state index in [0.717, 1.165) is 17.9 Å². The van der Waals surface area contributed by atoms with Gasteiger partial charge in [-0.1, -0.05) is 28.1 Å². The molecule has 2 aromatic rings. The van der Waals surface area contributed by atoms with E-state index in [1.54, 1.807) is 25.6 Å². The summed E-state index contributed by atoms with van der Waals surface area (Å²) in [5.74, 6) is 1.84. The topological polar surface area (TPSA) is 18.5 Å². The summed E-state index contributed by atoms with van der Waals surface area (Å²) < 4.78 is 10.5. The lowest BCUT2D eigenvalue weighted by Gasteiger charge is -2.10. The fourth-order valence-electron chi connectivity index (χ4n) is 1.77. The standard InChI is InChI=1S/C14H15BrO2S/c1-16-11-5-3-10(4-6-11)9-12(15)14-13(17-2)7-8-18-14/h3-8,12H,9H2,1-2H3. The third kappa shape index (κ3) is 3.06. The molecule has 4 heteroatoms. The second kappa shape index (κ2) is 6.25. The molecular formula is C14H15BrO2S. The maximum absolute atomic E-state index is 5.34. The Morgan fingerprint density at radius 3 is 2.44 bits per heavy atom. The number of methoxy groups -OCH3 is 2. The third-order valence-corrected chi connectivity index (χ3v) is 4.83. The van der Waals surface area contributed by atoms with E-state index >= 15 is 0 Å². The summed E-state index contributed by atoms with van der Waals surface area (Å²) in [7, 11) is 3.39. The van der Waals surface area contributed by atoms with Crippen LogP contribution in [0, 0.1) is 0 Å². The third-order valence-electron chi connectivity index (χ3n) is 2.74. The van der Waals surface area contributed by atoms with E-state index in [1.807, 2.05) is 18.2 Å². The highest BCUT2D eigenvalue weighted by atomic mass is 79.9. The summed E-state index contributed by atoms with van der Waals surface area (Å²) in [5, 5.41) is 2.05. The van der Waals surface area contributed by atoms with Gasteiger partial charge in [-0.15, -0.1) is 11.3 Å². The SMILES string of the molecule is COc1ccc(CC(Br)c2sccc2OC)cc1. The monoisotopic (exact) mass is 326 g/mol. The molecule has 0 saturated carbocycles. The molecule has 0 saturated heterocycles. The number of halogens is 1. The van der Waals surface area contributed by atoms with Crippen LogP contribution in [-0.2, 0) is 6.42 Å². The van der Waals surface area contributed by atoms with Crippen LogP contribution < -0.4 is 9.47 Å². The molecule has 0 N–H and O–H groups in total. The average Bonchev–Trinajstić information content (AvgIpc) is 2.88. The van der Waals surface area contributed by atoms with E-state index in [4.69, 9.17) is 9.47 Å². The first kappa shape index (κ1) is 13.4. The summed E-state index contributed by atoms with van der Waals surface area (Å²) in [6, 6.07) is 10.2. The van der Waals surface area contributed by atoms with Gasteiger partial charge < -0.3 is 9.47 Å². The second-order valence-electron chi connectivity index (χ2n) is 3.87. The number of benzene rings is 1. The zero-order valence-corrected chi connectivity index (χ0v) is 12.8. The Hall–Kier alpha value is -1.00. The molecule has 0 aliphatic heterocycles. The summed E-state index contributed by atoms with van der Waals surface area (Å²) in [6.07, 6.45) is 0.931. The van der Waals surface area contributed by atoms with Gasteiger partial charge in [0.05, 0.1) is 23.9 Å². The summed E-state index contributed by atoms with van der Waals surface area (Å²) in [5.41, 5.74) is 1.27. The van der Waals surface area contributed by atoms with Gasteiger partial charge in [-0.25, -0.2) is 0 Å². The van der Waals surface area contributed by atoms with Gasteiger partial charge in [-0.3, -0.25) is 0 Å². The van der Waals surface area contributed by atoms with Crippen molar-refractivity contribution in [3.8, 4) is 11.5 Å². The molecule has 1 unspecified atom stereocenters. The minimum Gasteiger partial charge on any atom is -0.497 e. The molecule has 2 nitrogen and oxygen atoms in total. The van der Waals surface area contributed by atoms with Crippen LogP contribution in [0.4, 0.5) is 0 Å². The van der Waals surface area contributed by atoms with Crippen LogP contribution in [0.5, 0.6) is 11.5 Å². The van der Waals surface area contributed by atoms with Gasteiger partial charge in [0.15, 0.2) is 0 Å². The summed E-state index contributed by atoms with van der Waals surface area (Å²) in [6.45, 7) is 0. The number of ether oxygens (including phenoxy) is 2. The van der Waals surface area contributed by atoms with E-state index in [0.29, 0.717) is 0 Å². The smallest absolute Gasteiger partial charge is 0.133 e. The molecule has 0 fully saturated rings. The minimum atomic E-state index is 0.279. The van der Waals surface area contributed by atoms with Crippen LogP contribution in [0.2, 0.25) is 0 Å². The zero-order chi connectivity index (χ0) is 13.0. The van der Waals surface area contributed by atoms with Gasteiger partial charge >= 0.3 is 0 Å². The van der Waals surface area contributed by atoms with Crippen LogP contribution in [0.1, 0.15) is 15.3 Å². The fraction of sp³-hybridized carbons (Fsp3) is 0.286. The number of thiophene rings is 1. The average molecular weight is 327 g/mol. The minimum absolute atomic E-state index is 0.279. The highest BCUT2D eigenvalue weighted by Gasteiger charge is 2.15. The number of hydrogen-bond donors (Lipinski definition) is 0. The van der Waals surface area contributed by atoms with Crippen molar-refractivity contribution >= 4 is 27.3 Å². The normalized spacial score (nSPS) is 12.2. The molecule has 0 radical (unpaired) electrons. The maximum atomic E-state index is 5.34. The molecule has 1 aromatic carbocycles. The number of hydrogen-bond acceptors (Lipinski definition) is 3. The molecule has 0 aliphatic rings. The Balaban J connectivity index is 2.08. The van der Waals surface area contributed by atoms with E-state index < -0.39 is 0 Å². The van der Waals surface area contributed by atoms with E-state index in [-0.39, 0.29) is 4.83 Å². The van der Waals surface area contributed by atoms with Gasteiger partial charge in [0, 0.05) is 0 Å². The lowest BCUT2D eigenvalue weighted by Crippen LogP contribution is -1.95. The molecule has 18 heavy (non-hydrogen) atoms. The Morgan fingerprint density at radius 1 is 1.11 bits per heavy atom. The van der Waals surface area contributed by atoms with Crippen molar-refractivity contribution in [2.24, 2.45) is 0 Å². The first-order chi connectivity index (χ1) is 8.74. The van der Waals surface area contributed by atoms with Crippen molar-refractivity contribution in [3.63, 3.8) is 0 Å². The lowest BCUT2D eigenvalue weighted by molar-refractivity contribution is 0.412. The van der Waals surface area contributed by atoms with Gasteiger partial charge in [0.25, 0.3) is 0 Å². The molecule has 1 aromatic heterocycles. The van der Waals surface area contributed by atoms with Crippen LogP contribution in [0.15, 0.2) is 35.7 Å². The molecular weight excluding hydrogens is 312 g/mol. The molecule has 96 valence electrons. The fourth-order valence-corrected chi connectivity index (χ4v) is 3.53. The molecule has 2 rings (SSSR count). The molecule has 1 atom stereocenters. The predicted molar refractivity (Wildman–Crippen MR) is 79.2 cm³/mol. The molecule has 0 amide bonds. The largest absolute Gasteiger partial charge is 0.497 e.